The lowest BCUT2D eigenvalue weighted by molar-refractivity contribution is -0.113. The molecule has 2 aliphatic heterocycles. The van der Waals surface area contributed by atoms with Gasteiger partial charge in [0.25, 0.3) is 5.91 Å². The Labute approximate surface area is 214 Å². The molecule has 0 saturated carbocycles. The molecule has 3 aromatic carbocycles. The van der Waals surface area contributed by atoms with Crippen LogP contribution >= 0.6 is 11.8 Å². The van der Waals surface area contributed by atoms with Gasteiger partial charge in [-0.3, -0.25) is 4.79 Å². The highest BCUT2D eigenvalue weighted by molar-refractivity contribution is 8.18. The van der Waals surface area contributed by atoms with Crippen LogP contribution in [0.15, 0.2) is 87.8 Å². The molecular formula is C28H25N3O4S. The van der Waals surface area contributed by atoms with Crippen molar-refractivity contribution in [3.05, 3.63) is 94.4 Å². The van der Waals surface area contributed by atoms with E-state index >= 15 is 0 Å². The van der Waals surface area contributed by atoms with E-state index in [1.165, 1.54) is 11.8 Å². The summed E-state index contributed by atoms with van der Waals surface area (Å²) < 4.78 is 16.0. The zero-order valence-electron chi connectivity index (χ0n) is 20.2. The van der Waals surface area contributed by atoms with E-state index in [1.807, 2.05) is 83.9 Å². The predicted molar refractivity (Wildman–Crippen MR) is 143 cm³/mol. The molecule has 182 valence electrons. The van der Waals surface area contributed by atoms with Gasteiger partial charge in [-0.15, -0.1) is 0 Å². The van der Waals surface area contributed by atoms with E-state index in [0.717, 1.165) is 28.2 Å². The number of amidine groups is 1. The minimum atomic E-state index is -0.290. The normalized spacial score (nSPS) is 18.3. The Hall–Kier alpha value is -4.04. The Balaban J connectivity index is 1.46. The maximum Gasteiger partial charge on any atom is 0.286 e. The number of rotatable bonds is 6. The van der Waals surface area contributed by atoms with Crippen LogP contribution in [0.2, 0.25) is 0 Å². The Morgan fingerprint density at radius 3 is 2.36 bits per heavy atom. The average Bonchev–Trinajstić information content (AvgIpc) is 3.53. The van der Waals surface area contributed by atoms with Crippen molar-refractivity contribution >= 4 is 34.6 Å². The number of carbonyl (C=O) groups is 1. The summed E-state index contributed by atoms with van der Waals surface area (Å²) in [7, 11) is 4.82. The molecule has 0 saturated heterocycles. The maximum atomic E-state index is 12.9. The number of hydrazone groups is 1. The second-order valence-corrected chi connectivity index (χ2v) is 9.18. The first-order chi connectivity index (χ1) is 17.6. The highest BCUT2D eigenvalue weighted by Gasteiger charge is 2.36. The largest absolute Gasteiger partial charge is 0.497 e. The molecule has 0 radical (unpaired) electrons. The van der Waals surface area contributed by atoms with E-state index in [-0.39, 0.29) is 11.9 Å². The number of hydrogen-bond donors (Lipinski definition) is 0. The topological polar surface area (TPSA) is 72.7 Å². The molecular weight excluding hydrogens is 474 g/mol. The second kappa shape index (κ2) is 10.3. The molecule has 2 aliphatic rings. The number of amides is 1. The summed E-state index contributed by atoms with van der Waals surface area (Å²) in [6.07, 6.45) is 2.50. The van der Waals surface area contributed by atoms with Gasteiger partial charge in [0, 0.05) is 6.42 Å². The fraction of sp³-hybridized carbons (Fsp3) is 0.179. The molecule has 1 atom stereocenters. The fourth-order valence-corrected chi connectivity index (χ4v) is 5.08. The van der Waals surface area contributed by atoms with Crippen LogP contribution < -0.4 is 14.2 Å². The zero-order chi connectivity index (χ0) is 25.1. The number of aliphatic imine (C=N–C) groups is 1. The second-order valence-electron chi connectivity index (χ2n) is 8.17. The lowest BCUT2D eigenvalue weighted by Gasteiger charge is -2.22. The van der Waals surface area contributed by atoms with E-state index in [0.29, 0.717) is 28.0 Å². The molecule has 2 heterocycles. The van der Waals surface area contributed by atoms with Crippen molar-refractivity contribution in [1.82, 2.24) is 5.01 Å². The minimum Gasteiger partial charge on any atom is -0.497 e. The van der Waals surface area contributed by atoms with Crippen molar-refractivity contribution in [3.63, 3.8) is 0 Å². The van der Waals surface area contributed by atoms with Crippen LogP contribution in [-0.4, -0.2) is 43.1 Å². The summed E-state index contributed by atoms with van der Waals surface area (Å²) in [6, 6.07) is 23.4. The van der Waals surface area contributed by atoms with Crippen LogP contribution in [-0.2, 0) is 4.79 Å². The van der Waals surface area contributed by atoms with Gasteiger partial charge in [0.15, 0.2) is 16.7 Å². The minimum absolute atomic E-state index is 0.0920. The van der Waals surface area contributed by atoms with E-state index in [2.05, 4.69) is 4.99 Å². The van der Waals surface area contributed by atoms with E-state index < -0.39 is 0 Å². The number of benzene rings is 3. The predicted octanol–water partition coefficient (Wildman–Crippen LogP) is 5.53. The van der Waals surface area contributed by atoms with Gasteiger partial charge in [0.2, 0.25) is 0 Å². The van der Waals surface area contributed by atoms with Gasteiger partial charge in [0.1, 0.15) is 5.75 Å². The Bertz CT molecular complexity index is 1370. The average molecular weight is 500 g/mol. The molecule has 1 unspecified atom stereocenters. The Morgan fingerprint density at radius 2 is 1.67 bits per heavy atom. The van der Waals surface area contributed by atoms with E-state index in [9.17, 15) is 4.79 Å². The van der Waals surface area contributed by atoms with Crippen molar-refractivity contribution in [2.75, 3.05) is 21.3 Å². The molecule has 0 aliphatic carbocycles. The lowest BCUT2D eigenvalue weighted by Crippen LogP contribution is -2.23. The molecule has 0 bridgehead atoms. The van der Waals surface area contributed by atoms with Crippen molar-refractivity contribution in [1.29, 1.82) is 0 Å². The van der Waals surface area contributed by atoms with Gasteiger partial charge in [-0.2, -0.15) is 10.1 Å². The number of carbonyl (C=O) groups excluding carboxylic acids is 1. The number of thioether (sulfide) groups is 1. The third kappa shape index (κ3) is 4.72. The third-order valence-corrected chi connectivity index (χ3v) is 7.00. The molecule has 5 rings (SSSR count). The van der Waals surface area contributed by atoms with E-state index in [1.54, 1.807) is 21.3 Å². The van der Waals surface area contributed by atoms with Crippen LogP contribution in [0.1, 0.15) is 29.2 Å². The maximum absolute atomic E-state index is 12.9. The highest BCUT2D eigenvalue weighted by Crippen LogP contribution is 2.40. The summed E-state index contributed by atoms with van der Waals surface area (Å²) >= 11 is 1.32. The van der Waals surface area contributed by atoms with Gasteiger partial charge in [0.05, 0.1) is 38.0 Å². The van der Waals surface area contributed by atoms with Gasteiger partial charge < -0.3 is 14.2 Å². The van der Waals surface area contributed by atoms with E-state index in [4.69, 9.17) is 19.3 Å². The standard InChI is InChI=1S/C28H25N3O4S/c1-33-21-12-10-20(11-13-21)23-17-22(19-7-5-4-6-8-19)30-31(23)28-29-27(32)26(36-28)16-18-9-14-24(34-2)25(15-18)35-3/h4-16,23H,17H2,1-3H3/b26-16-. The van der Waals surface area contributed by atoms with Gasteiger partial charge in [-0.1, -0.05) is 48.5 Å². The third-order valence-electron chi connectivity index (χ3n) is 6.03. The first-order valence-corrected chi connectivity index (χ1v) is 12.2. The smallest absolute Gasteiger partial charge is 0.286 e. The number of methoxy groups -OCH3 is 3. The number of nitrogens with zero attached hydrogens (tertiary/aromatic N) is 3. The highest BCUT2D eigenvalue weighted by atomic mass is 32.2. The van der Waals surface area contributed by atoms with Crippen molar-refractivity contribution in [3.8, 4) is 17.2 Å². The lowest BCUT2D eigenvalue weighted by atomic mass is 9.98. The van der Waals surface area contributed by atoms with Crippen LogP contribution in [0.25, 0.3) is 6.08 Å². The molecule has 8 heteroatoms. The SMILES string of the molecule is COc1ccc(C2CC(c3ccccc3)=NN2C2=NC(=O)/C(=C/c3ccc(OC)c(OC)c3)S2)cc1. The zero-order valence-corrected chi connectivity index (χ0v) is 21.0. The quantitative estimate of drug-likeness (QED) is 0.415. The van der Waals surface area contributed by atoms with Crippen LogP contribution in [0.3, 0.4) is 0 Å². The van der Waals surface area contributed by atoms with Crippen LogP contribution in [0, 0.1) is 0 Å². The summed E-state index contributed by atoms with van der Waals surface area (Å²) in [4.78, 5) is 17.8. The fourth-order valence-electron chi connectivity index (χ4n) is 4.17. The molecule has 0 aromatic heterocycles. The first-order valence-electron chi connectivity index (χ1n) is 11.4. The summed E-state index contributed by atoms with van der Waals surface area (Å²) in [5.74, 6) is 1.72. The molecule has 3 aromatic rings. The van der Waals surface area contributed by atoms with Crippen LogP contribution in [0.4, 0.5) is 0 Å². The number of ether oxygens (including phenoxy) is 3. The number of hydrogen-bond acceptors (Lipinski definition) is 7. The summed E-state index contributed by atoms with van der Waals surface area (Å²) in [5.41, 5.74) is 3.89. The van der Waals surface area contributed by atoms with Gasteiger partial charge in [-0.25, -0.2) is 5.01 Å². The molecule has 0 N–H and O–H groups in total. The van der Waals surface area contributed by atoms with Gasteiger partial charge in [-0.05, 0) is 58.8 Å². The Morgan fingerprint density at radius 1 is 0.917 bits per heavy atom. The van der Waals surface area contributed by atoms with Crippen molar-refractivity contribution < 1.29 is 19.0 Å². The van der Waals surface area contributed by atoms with Gasteiger partial charge >= 0.3 is 0 Å². The molecule has 0 spiro atoms. The summed E-state index contributed by atoms with van der Waals surface area (Å²) in [6.45, 7) is 0. The molecule has 7 nitrogen and oxygen atoms in total. The van der Waals surface area contributed by atoms with Crippen LogP contribution in [0.5, 0.6) is 17.2 Å². The molecule has 1 amide bonds. The first kappa shape index (κ1) is 23.7. The van der Waals surface area contributed by atoms with Crippen molar-refractivity contribution in [2.24, 2.45) is 10.1 Å². The monoisotopic (exact) mass is 499 g/mol. The molecule has 0 fully saturated rings. The molecule has 36 heavy (non-hydrogen) atoms. The summed E-state index contributed by atoms with van der Waals surface area (Å²) in [5, 5.41) is 7.34. The Kier molecular flexibility index (Phi) is 6.77. The van der Waals surface area contributed by atoms with Crippen molar-refractivity contribution in [2.45, 2.75) is 12.5 Å².